The van der Waals surface area contributed by atoms with Crippen molar-refractivity contribution in [3.05, 3.63) is 22.2 Å². The predicted molar refractivity (Wildman–Crippen MR) is 69.7 cm³/mol. The van der Waals surface area contributed by atoms with Gasteiger partial charge in [0.2, 0.25) is 0 Å². The molecule has 1 aliphatic heterocycles. The van der Waals surface area contributed by atoms with Crippen molar-refractivity contribution in [1.82, 2.24) is 0 Å². The van der Waals surface area contributed by atoms with Gasteiger partial charge < -0.3 is 10.6 Å². The van der Waals surface area contributed by atoms with Gasteiger partial charge in [0.1, 0.15) is 6.07 Å². The highest BCUT2D eigenvalue weighted by molar-refractivity contribution is 9.10. The molecule has 6 heteroatoms. The van der Waals surface area contributed by atoms with E-state index in [4.69, 9.17) is 11.0 Å². The first kappa shape index (κ1) is 13.1. The van der Waals surface area contributed by atoms with Crippen LogP contribution in [0, 0.1) is 11.3 Å². The average Bonchev–Trinajstić information content (AvgIpc) is 2.28. The van der Waals surface area contributed by atoms with Crippen molar-refractivity contribution in [2.24, 2.45) is 0 Å². The van der Waals surface area contributed by atoms with E-state index < -0.39 is 5.92 Å². The molecular weight excluding hydrogens is 304 g/mol. The maximum absolute atomic E-state index is 13.1. The van der Waals surface area contributed by atoms with E-state index in [0.717, 1.165) is 4.47 Å². The van der Waals surface area contributed by atoms with Crippen LogP contribution in [0.25, 0.3) is 0 Å². The first-order valence-corrected chi connectivity index (χ1v) is 6.34. The van der Waals surface area contributed by atoms with Crippen LogP contribution >= 0.6 is 15.9 Å². The Morgan fingerprint density at radius 1 is 1.33 bits per heavy atom. The molecule has 0 aromatic heterocycles. The second-order valence-corrected chi connectivity index (χ2v) is 5.26. The Kier molecular flexibility index (Phi) is 3.44. The molecule has 18 heavy (non-hydrogen) atoms. The Bertz CT molecular complexity index is 501. The number of hydrogen-bond acceptors (Lipinski definition) is 3. The minimum absolute atomic E-state index is 0.190. The van der Waals surface area contributed by atoms with Crippen molar-refractivity contribution in [3.63, 3.8) is 0 Å². The van der Waals surface area contributed by atoms with Crippen LogP contribution in [0.15, 0.2) is 16.6 Å². The molecule has 2 rings (SSSR count). The quantitative estimate of drug-likeness (QED) is 0.810. The van der Waals surface area contributed by atoms with Gasteiger partial charge in [-0.3, -0.25) is 0 Å². The van der Waals surface area contributed by atoms with E-state index in [1.165, 1.54) is 0 Å². The van der Waals surface area contributed by atoms with E-state index in [1.54, 1.807) is 17.0 Å². The number of nitrogens with two attached hydrogens (primary N) is 1. The number of halogens is 3. The molecule has 0 spiro atoms. The molecule has 1 fully saturated rings. The number of nitriles is 1. The molecule has 0 radical (unpaired) electrons. The molecule has 0 unspecified atom stereocenters. The third kappa shape index (κ3) is 2.56. The lowest BCUT2D eigenvalue weighted by Gasteiger charge is -2.34. The standard InChI is InChI=1S/C12H12BrF2N3/c13-8-5-10(17)9(7-16)11(6-8)18-3-1-12(14,15)2-4-18/h5-6H,1-4,17H2. The number of nitrogens with zero attached hydrogens (tertiary/aromatic N) is 2. The molecular formula is C12H12BrF2N3. The van der Waals surface area contributed by atoms with Gasteiger partial charge in [0.05, 0.1) is 16.9 Å². The summed E-state index contributed by atoms with van der Waals surface area (Å²) in [6.07, 6.45) is -0.380. The van der Waals surface area contributed by atoms with Crippen LogP contribution in [0.1, 0.15) is 18.4 Å². The van der Waals surface area contributed by atoms with Gasteiger partial charge in [-0.1, -0.05) is 15.9 Å². The first-order valence-electron chi connectivity index (χ1n) is 5.55. The summed E-state index contributed by atoms with van der Waals surface area (Å²) in [5.41, 5.74) is 7.10. The number of alkyl halides is 2. The van der Waals surface area contributed by atoms with Crippen LogP contribution in [0.4, 0.5) is 20.2 Å². The van der Waals surface area contributed by atoms with Crippen molar-refractivity contribution in [1.29, 1.82) is 5.26 Å². The maximum atomic E-state index is 13.1. The molecule has 1 heterocycles. The molecule has 1 aromatic rings. The van der Waals surface area contributed by atoms with Gasteiger partial charge in [0, 0.05) is 30.4 Å². The van der Waals surface area contributed by atoms with Crippen LogP contribution in [-0.4, -0.2) is 19.0 Å². The highest BCUT2D eigenvalue weighted by Gasteiger charge is 2.34. The predicted octanol–water partition coefficient (Wildman–Crippen LogP) is 3.14. The van der Waals surface area contributed by atoms with E-state index in [-0.39, 0.29) is 25.9 Å². The number of anilines is 2. The molecule has 0 amide bonds. The number of hydrogen-bond donors (Lipinski definition) is 1. The second-order valence-electron chi connectivity index (χ2n) is 4.34. The molecule has 0 saturated carbocycles. The monoisotopic (exact) mass is 315 g/mol. The Balaban J connectivity index is 2.32. The van der Waals surface area contributed by atoms with Crippen LogP contribution in [0.2, 0.25) is 0 Å². The number of nitrogen functional groups attached to an aromatic ring is 1. The van der Waals surface area contributed by atoms with Gasteiger partial charge in [0.25, 0.3) is 5.92 Å². The van der Waals surface area contributed by atoms with Crippen molar-refractivity contribution in [3.8, 4) is 6.07 Å². The summed E-state index contributed by atoms with van der Waals surface area (Å²) in [6.45, 7) is 0.467. The Morgan fingerprint density at radius 3 is 2.50 bits per heavy atom. The van der Waals surface area contributed by atoms with Gasteiger partial charge in [0.15, 0.2) is 0 Å². The summed E-state index contributed by atoms with van der Waals surface area (Å²) in [7, 11) is 0. The van der Waals surface area contributed by atoms with Crippen LogP contribution in [0.5, 0.6) is 0 Å². The normalized spacial score (nSPS) is 18.4. The van der Waals surface area contributed by atoms with Gasteiger partial charge in [-0.15, -0.1) is 0 Å². The maximum Gasteiger partial charge on any atom is 0.251 e. The van der Waals surface area contributed by atoms with E-state index in [0.29, 0.717) is 16.9 Å². The van der Waals surface area contributed by atoms with Gasteiger partial charge >= 0.3 is 0 Å². The van der Waals surface area contributed by atoms with Gasteiger partial charge in [-0.25, -0.2) is 8.78 Å². The third-order valence-corrected chi connectivity index (χ3v) is 3.52. The van der Waals surface area contributed by atoms with Crippen LogP contribution < -0.4 is 10.6 Å². The highest BCUT2D eigenvalue weighted by atomic mass is 79.9. The molecule has 1 saturated heterocycles. The van der Waals surface area contributed by atoms with Gasteiger partial charge in [-0.05, 0) is 12.1 Å². The molecule has 3 nitrogen and oxygen atoms in total. The topological polar surface area (TPSA) is 53.1 Å². The zero-order valence-electron chi connectivity index (χ0n) is 9.59. The largest absolute Gasteiger partial charge is 0.398 e. The lowest BCUT2D eigenvalue weighted by molar-refractivity contribution is -0.0220. The third-order valence-electron chi connectivity index (χ3n) is 3.06. The summed E-state index contributed by atoms with van der Waals surface area (Å²) in [5.74, 6) is -2.60. The Labute approximate surface area is 112 Å². The first-order chi connectivity index (χ1) is 8.43. The zero-order chi connectivity index (χ0) is 13.3. The molecule has 96 valence electrons. The molecule has 1 aliphatic rings. The lowest BCUT2D eigenvalue weighted by Crippen LogP contribution is -2.39. The van der Waals surface area contributed by atoms with E-state index in [1.807, 2.05) is 6.07 Å². The summed E-state index contributed by atoms with van der Waals surface area (Å²) < 4.78 is 27.0. The SMILES string of the molecule is N#Cc1c(N)cc(Br)cc1N1CCC(F)(F)CC1. The zero-order valence-corrected chi connectivity index (χ0v) is 11.2. The van der Waals surface area contributed by atoms with Crippen LogP contribution in [-0.2, 0) is 0 Å². The lowest BCUT2D eigenvalue weighted by atomic mass is 10.0. The number of piperidine rings is 1. The molecule has 2 N–H and O–H groups in total. The summed E-state index contributed by atoms with van der Waals surface area (Å²) in [4.78, 5) is 1.79. The molecule has 0 atom stereocenters. The molecule has 1 aromatic carbocycles. The number of benzene rings is 1. The Morgan fingerprint density at radius 2 is 1.94 bits per heavy atom. The van der Waals surface area contributed by atoms with Crippen molar-refractivity contribution >= 4 is 27.3 Å². The van der Waals surface area contributed by atoms with Crippen LogP contribution in [0.3, 0.4) is 0 Å². The fourth-order valence-corrected chi connectivity index (χ4v) is 2.52. The summed E-state index contributed by atoms with van der Waals surface area (Å²) in [5, 5.41) is 9.10. The second kappa shape index (κ2) is 4.73. The Hall–Kier alpha value is -1.35. The van der Waals surface area contributed by atoms with Crippen molar-refractivity contribution in [2.75, 3.05) is 23.7 Å². The summed E-state index contributed by atoms with van der Waals surface area (Å²) >= 11 is 3.30. The summed E-state index contributed by atoms with van der Waals surface area (Å²) in [6, 6.07) is 5.42. The molecule has 0 aliphatic carbocycles. The van der Waals surface area contributed by atoms with E-state index >= 15 is 0 Å². The van der Waals surface area contributed by atoms with Crippen molar-refractivity contribution < 1.29 is 8.78 Å². The minimum Gasteiger partial charge on any atom is -0.398 e. The van der Waals surface area contributed by atoms with E-state index in [9.17, 15) is 8.78 Å². The van der Waals surface area contributed by atoms with E-state index in [2.05, 4.69) is 15.9 Å². The highest BCUT2D eigenvalue weighted by Crippen LogP contribution is 2.35. The minimum atomic E-state index is -2.60. The smallest absolute Gasteiger partial charge is 0.251 e. The average molecular weight is 316 g/mol. The fourth-order valence-electron chi connectivity index (χ4n) is 2.06. The van der Waals surface area contributed by atoms with Gasteiger partial charge in [-0.2, -0.15) is 5.26 Å². The molecule has 0 bridgehead atoms. The van der Waals surface area contributed by atoms with Crippen molar-refractivity contribution in [2.45, 2.75) is 18.8 Å². The number of rotatable bonds is 1. The fraction of sp³-hybridized carbons (Fsp3) is 0.417.